The molecule has 0 heterocycles. The van der Waals surface area contributed by atoms with Crippen LogP contribution in [0, 0.1) is 22.6 Å². The van der Waals surface area contributed by atoms with Gasteiger partial charge in [-0.1, -0.05) is 39.3 Å². The quantitative estimate of drug-likeness (QED) is 0.718. The van der Waals surface area contributed by atoms with Gasteiger partial charge in [-0.3, -0.25) is 4.79 Å². The first-order valence-corrected chi connectivity index (χ1v) is 6.06. The van der Waals surface area contributed by atoms with E-state index in [4.69, 9.17) is 11.6 Å². The van der Waals surface area contributed by atoms with Gasteiger partial charge in [0.25, 0.3) is 0 Å². The summed E-state index contributed by atoms with van der Waals surface area (Å²) in [4.78, 5) is 12.3. The molecule has 0 aliphatic heterocycles. The Labute approximate surface area is 106 Å². The summed E-state index contributed by atoms with van der Waals surface area (Å²) >= 11 is 5.68. The first-order chi connectivity index (χ1) is 7.69. The molecule has 92 valence electrons. The van der Waals surface area contributed by atoms with Crippen LogP contribution in [0.3, 0.4) is 0 Å². The minimum absolute atomic E-state index is 0.0733. The minimum atomic E-state index is -0.527. The number of Topliss-reactive ketones (excluding diaryl/α,β-unsaturated/α-hetero) is 1. The first-order valence-electron chi connectivity index (χ1n) is 5.69. The fourth-order valence-electron chi connectivity index (χ4n) is 2.70. The highest BCUT2D eigenvalue weighted by Gasteiger charge is 2.68. The third kappa shape index (κ3) is 1.70. The number of carbonyl (C=O) groups excluding carboxylic acids is 1. The third-order valence-electron chi connectivity index (χ3n) is 4.48. The molecule has 1 fully saturated rings. The van der Waals surface area contributed by atoms with Crippen molar-refractivity contribution in [1.29, 1.82) is 0 Å². The molecule has 0 saturated heterocycles. The maximum Gasteiger partial charge on any atom is 0.169 e. The molecule has 1 aromatic carbocycles. The summed E-state index contributed by atoms with van der Waals surface area (Å²) in [6.07, 6.45) is 0. The summed E-state index contributed by atoms with van der Waals surface area (Å²) in [5.74, 6) is -0.763. The number of benzene rings is 1. The molecule has 1 nitrogen and oxygen atoms in total. The second-order valence-corrected chi connectivity index (χ2v) is 6.30. The van der Waals surface area contributed by atoms with E-state index in [0.717, 1.165) is 0 Å². The van der Waals surface area contributed by atoms with Crippen LogP contribution in [0.25, 0.3) is 0 Å². The van der Waals surface area contributed by atoms with Crippen LogP contribution in [-0.4, -0.2) is 5.78 Å². The van der Waals surface area contributed by atoms with E-state index in [0.29, 0.717) is 5.02 Å². The van der Waals surface area contributed by atoms with Crippen LogP contribution < -0.4 is 0 Å². The smallest absolute Gasteiger partial charge is 0.169 e. The highest BCUT2D eigenvalue weighted by Crippen LogP contribution is 2.69. The number of rotatable bonds is 2. The van der Waals surface area contributed by atoms with Crippen LogP contribution in [-0.2, 0) is 0 Å². The highest BCUT2D eigenvalue weighted by molar-refractivity contribution is 6.30. The third-order valence-corrected chi connectivity index (χ3v) is 4.71. The molecular formula is C14H16ClFO. The van der Waals surface area contributed by atoms with Crippen LogP contribution in [0.15, 0.2) is 18.2 Å². The molecule has 0 bridgehead atoms. The molecular weight excluding hydrogens is 239 g/mol. The Morgan fingerprint density at radius 3 is 2.18 bits per heavy atom. The Morgan fingerprint density at radius 1 is 1.24 bits per heavy atom. The van der Waals surface area contributed by atoms with Gasteiger partial charge < -0.3 is 0 Å². The zero-order chi connectivity index (χ0) is 13.0. The molecule has 3 heteroatoms. The maximum absolute atomic E-state index is 13.7. The highest BCUT2D eigenvalue weighted by atomic mass is 35.5. The van der Waals surface area contributed by atoms with Crippen LogP contribution in [0.5, 0.6) is 0 Å². The van der Waals surface area contributed by atoms with Crippen molar-refractivity contribution >= 4 is 17.4 Å². The molecule has 0 radical (unpaired) electrons. The number of hydrogen-bond donors (Lipinski definition) is 0. The second-order valence-electron chi connectivity index (χ2n) is 5.86. The summed E-state index contributed by atoms with van der Waals surface area (Å²) in [5, 5.41) is 0.313. The summed E-state index contributed by atoms with van der Waals surface area (Å²) in [6, 6.07) is 4.22. The van der Waals surface area contributed by atoms with Crippen LogP contribution in [0.4, 0.5) is 4.39 Å². The van der Waals surface area contributed by atoms with E-state index in [1.807, 2.05) is 27.7 Å². The van der Waals surface area contributed by atoms with Gasteiger partial charge in [-0.15, -0.1) is 0 Å². The molecule has 1 saturated carbocycles. The topological polar surface area (TPSA) is 17.1 Å². The summed E-state index contributed by atoms with van der Waals surface area (Å²) < 4.78 is 13.7. The van der Waals surface area contributed by atoms with Crippen molar-refractivity contribution in [3.05, 3.63) is 34.6 Å². The SMILES string of the molecule is CC1(C)C(C(=O)c2ccc(Cl)cc2F)C1(C)C. The molecule has 2 rings (SSSR count). The lowest BCUT2D eigenvalue weighted by Crippen LogP contribution is -2.09. The maximum atomic E-state index is 13.7. The Morgan fingerprint density at radius 2 is 1.76 bits per heavy atom. The average Bonchev–Trinajstić information content (AvgIpc) is 2.56. The first kappa shape index (κ1) is 12.6. The molecule has 0 atom stereocenters. The Balaban J connectivity index is 2.35. The van der Waals surface area contributed by atoms with Gasteiger partial charge in [-0.25, -0.2) is 4.39 Å². The van der Waals surface area contributed by atoms with E-state index >= 15 is 0 Å². The van der Waals surface area contributed by atoms with Crippen molar-refractivity contribution in [2.24, 2.45) is 16.7 Å². The van der Waals surface area contributed by atoms with Crippen molar-refractivity contribution < 1.29 is 9.18 Å². The minimum Gasteiger partial charge on any atom is -0.294 e. The van der Waals surface area contributed by atoms with Gasteiger partial charge in [0, 0.05) is 10.9 Å². The zero-order valence-electron chi connectivity index (χ0n) is 10.5. The van der Waals surface area contributed by atoms with E-state index < -0.39 is 5.82 Å². The molecule has 0 spiro atoms. The van der Waals surface area contributed by atoms with Gasteiger partial charge in [-0.05, 0) is 29.0 Å². The van der Waals surface area contributed by atoms with Gasteiger partial charge in [0.1, 0.15) is 5.82 Å². The van der Waals surface area contributed by atoms with Gasteiger partial charge in [0.05, 0.1) is 5.56 Å². The normalized spacial score (nSPS) is 21.3. The van der Waals surface area contributed by atoms with Crippen molar-refractivity contribution in [2.75, 3.05) is 0 Å². The molecule has 1 aliphatic rings. The summed E-state index contributed by atoms with van der Waals surface area (Å²) in [5.41, 5.74) is 0.00446. The number of carbonyl (C=O) groups is 1. The standard InChI is InChI=1S/C14H16ClFO/c1-13(2)12(14(13,3)4)11(17)9-6-5-8(15)7-10(9)16/h5-7,12H,1-4H3. The number of hydrogen-bond acceptors (Lipinski definition) is 1. The van der Waals surface area contributed by atoms with E-state index in [9.17, 15) is 9.18 Å². The lowest BCUT2D eigenvalue weighted by Gasteiger charge is -2.04. The van der Waals surface area contributed by atoms with E-state index in [1.54, 1.807) is 6.07 Å². The zero-order valence-corrected chi connectivity index (χ0v) is 11.2. The Hall–Kier alpha value is -0.890. The average molecular weight is 255 g/mol. The van der Waals surface area contributed by atoms with Crippen LogP contribution >= 0.6 is 11.6 Å². The fourth-order valence-corrected chi connectivity index (χ4v) is 2.86. The van der Waals surface area contributed by atoms with Gasteiger partial charge in [-0.2, -0.15) is 0 Å². The molecule has 0 unspecified atom stereocenters. The molecule has 0 N–H and O–H groups in total. The van der Waals surface area contributed by atoms with Gasteiger partial charge >= 0.3 is 0 Å². The van der Waals surface area contributed by atoms with Crippen molar-refractivity contribution in [2.45, 2.75) is 27.7 Å². The summed E-state index contributed by atoms with van der Waals surface area (Å²) in [6.45, 7) is 8.18. The van der Waals surface area contributed by atoms with Crippen molar-refractivity contribution in [3.8, 4) is 0 Å². The lowest BCUT2D eigenvalue weighted by atomic mass is 10.0. The van der Waals surface area contributed by atoms with Crippen molar-refractivity contribution in [1.82, 2.24) is 0 Å². The second kappa shape index (κ2) is 3.55. The molecule has 0 aromatic heterocycles. The van der Waals surface area contributed by atoms with E-state index in [1.165, 1.54) is 12.1 Å². The Kier molecular flexibility index (Phi) is 2.62. The van der Waals surface area contributed by atoms with E-state index in [-0.39, 0.29) is 28.1 Å². The van der Waals surface area contributed by atoms with E-state index in [2.05, 4.69) is 0 Å². The number of halogens is 2. The van der Waals surface area contributed by atoms with Crippen LogP contribution in [0.1, 0.15) is 38.1 Å². The molecule has 1 aromatic rings. The van der Waals surface area contributed by atoms with Gasteiger partial charge in [0.15, 0.2) is 5.78 Å². The summed E-state index contributed by atoms with van der Waals surface area (Å²) in [7, 11) is 0. The predicted octanol–water partition coefficient (Wildman–Crippen LogP) is 4.34. The largest absolute Gasteiger partial charge is 0.294 e. The lowest BCUT2D eigenvalue weighted by molar-refractivity contribution is 0.0941. The van der Waals surface area contributed by atoms with Crippen LogP contribution in [0.2, 0.25) is 5.02 Å². The van der Waals surface area contributed by atoms with Crippen molar-refractivity contribution in [3.63, 3.8) is 0 Å². The van der Waals surface area contributed by atoms with Gasteiger partial charge in [0.2, 0.25) is 0 Å². The monoisotopic (exact) mass is 254 g/mol. The number of ketones is 1. The fraction of sp³-hybridized carbons (Fsp3) is 0.500. The predicted molar refractivity (Wildman–Crippen MR) is 66.8 cm³/mol. The Bertz CT molecular complexity index is 477. The molecule has 17 heavy (non-hydrogen) atoms. The molecule has 0 amide bonds. The molecule has 1 aliphatic carbocycles.